The van der Waals surface area contributed by atoms with Crippen molar-refractivity contribution in [2.45, 2.75) is 18.6 Å². The van der Waals surface area contributed by atoms with Crippen LogP contribution in [0.15, 0.2) is 24.3 Å². The molecule has 19 heavy (non-hydrogen) atoms. The third kappa shape index (κ3) is 3.91. The van der Waals surface area contributed by atoms with Crippen molar-refractivity contribution in [2.75, 3.05) is 20.2 Å². The second kappa shape index (κ2) is 6.86. The van der Waals surface area contributed by atoms with Crippen LogP contribution >= 0.6 is 11.6 Å². The minimum atomic E-state index is -0.197. The summed E-state index contributed by atoms with van der Waals surface area (Å²) in [5, 5.41) is 3.54. The highest BCUT2D eigenvalue weighted by Gasteiger charge is 2.22. The number of halogens is 1. The molecule has 1 amide bonds. The molecule has 1 heterocycles. The highest BCUT2D eigenvalue weighted by molar-refractivity contribution is 6.30. The van der Waals surface area contributed by atoms with Crippen molar-refractivity contribution in [1.29, 1.82) is 0 Å². The van der Waals surface area contributed by atoms with Crippen LogP contribution in [0.5, 0.6) is 0 Å². The zero-order valence-corrected chi connectivity index (χ0v) is 11.5. The van der Waals surface area contributed by atoms with Crippen molar-refractivity contribution in [1.82, 2.24) is 16.2 Å². The standard InChI is InChI=1S/C13H18ClN3O2/c1-19-12(9-3-2-4-10(14)7-9)8-15-13(18)11-5-6-16-17-11/h2-4,7,11-12,16-17H,5-6,8H2,1H3,(H,15,18). The van der Waals surface area contributed by atoms with Gasteiger partial charge in [-0.3, -0.25) is 10.2 Å². The summed E-state index contributed by atoms with van der Waals surface area (Å²) < 4.78 is 5.40. The largest absolute Gasteiger partial charge is 0.375 e. The Bertz CT molecular complexity index is 436. The molecule has 0 bridgehead atoms. The molecule has 0 saturated carbocycles. The number of methoxy groups -OCH3 is 1. The summed E-state index contributed by atoms with van der Waals surface area (Å²) in [4.78, 5) is 11.9. The zero-order valence-electron chi connectivity index (χ0n) is 10.8. The Labute approximate surface area is 117 Å². The van der Waals surface area contributed by atoms with E-state index in [0.29, 0.717) is 11.6 Å². The number of ether oxygens (including phenoxy) is 1. The normalized spacial score (nSPS) is 20.2. The fourth-order valence-corrected chi connectivity index (χ4v) is 2.24. The van der Waals surface area contributed by atoms with Crippen molar-refractivity contribution < 1.29 is 9.53 Å². The predicted octanol–water partition coefficient (Wildman–Crippen LogP) is 1.01. The number of nitrogens with one attached hydrogen (secondary N) is 3. The Kier molecular flexibility index (Phi) is 5.15. The van der Waals surface area contributed by atoms with E-state index in [1.54, 1.807) is 7.11 Å². The van der Waals surface area contributed by atoms with Gasteiger partial charge in [0.2, 0.25) is 5.91 Å². The van der Waals surface area contributed by atoms with Gasteiger partial charge < -0.3 is 10.1 Å². The number of carbonyl (C=O) groups is 1. The van der Waals surface area contributed by atoms with Crippen LogP contribution in [0, 0.1) is 0 Å². The number of hydrogen-bond donors (Lipinski definition) is 3. The minimum Gasteiger partial charge on any atom is -0.375 e. The Morgan fingerprint density at radius 1 is 1.63 bits per heavy atom. The van der Waals surface area contributed by atoms with E-state index in [-0.39, 0.29) is 18.1 Å². The molecular weight excluding hydrogens is 266 g/mol. The zero-order chi connectivity index (χ0) is 13.7. The van der Waals surface area contributed by atoms with Gasteiger partial charge in [0, 0.05) is 25.2 Å². The lowest BCUT2D eigenvalue weighted by atomic mass is 10.1. The third-order valence-corrected chi connectivity index (χ3v) is 3.35. The molecule has 1 aromatic carbocycles. The molecule has 1 fully saturated rings. The summed E-state index contributed by atoms with van der Waals surface area (Å²) in [5.74, 6) is -0.0194. The molecule has 0 radical (unpaired) electrons. The number of carbonyl (C=O) groups excluding carboxylic acids is 1. The van der Waals surface area contributed by atoms with Crippen LogP contribution in [0.2, 0.25) is 5.02 Å². The van der Waals surface area contributed by atoms with Crippen molar-refractivity contribution in [3.05, 3.63) is 34.9 Å². The quantitative estimate of drug-likeness (QED) is 0.755. The van der Waals surface area contributed by atoms with Crippen LogP contribution in [-0.4, -0.2) is 32.1 Å². The van der Waals surface area contributed by atoms with E-state index in [2.05, 4.69) is 16.2 Å². The van der Waals surface area contributed by atoms with Gasteiger partial charge in [-0.1, -0.05) is 23.7 Å². The minimum absolute atomic E-state index is 0.0194. The molecule has 0 spiro atoms. The van der Waals surface area contributed by atoms with Gasteiger partial charge in [0.25, 0.3) is 0 Å². The average molecular weight is 284 g/mol. The van der Waals surface area contributed by atoms with E-state index < -0.39 is 0 Å². The summed E-state index contributed by atoms with van der Waals surface area (Å²) in [5.41, 5.74) is 6.81. The molecular formula is C13H18ClN3O2. The maximum atomic E-state index is 11.9. The van der Waals surface area contributed by atoms with Gasteiger partial charge in [-0.05, 0) is 24.1 Å². The van der Waals surface area contributed by atoms with Crippen molar-refractivity contribution >= 4 is 17.5 Å². The van der Waals surface area contributed by atoms with Crippen LogP contribution in [0.1, 0.15) is 18.1 Å². The van der Waals surface area contributed by atoms with Gasteiger partial charge >= 0.3 is 0 Å². The van der Waals surface area contributed by atoms with E-state index in [4.69, 9.17) is 16.3 Å². The van der Waals surface area contributed by atoms with Crippen LogP contribution in [0.25, 0.3) is 0 Å². The van der Waals surface area contributed by atoms with Gasteiger partial charge in [0.15, 0.2) is 0 Å². The first kappa shape index (κ1) is 14.3. The average Bonchev–Trinajstić information content (AvgIpc) is 2.93. The van der Waals surface area contributed by atoms with E-state index >= 15 is 0 Å². The molecule has 3 N–H and O–H groups in total. The molecule has 1 aliphatic heterocycles. The molecule has 2 unspecified atom stereocenters. The molecule has 104 valence electrons. The van der Waals surface area contributed by atoms with E-state index in [1.807, 2.05) is 24.3 Å². The van der Waals surface area contributed by atoms with Crippen molar-refractivity contribution in [3.8, 4) is 0 Å². The molecule has 1 aromatic rings. The molecule has 2 rings (SSSR count). The first-order chi connectivity index (χ1) is 9.20. The second-order valence-corrected chi connectivity index (χ2v) is 4.87. The van der Waals surface area contributed by atoms with Gasteiger partial charge in [0.05, 0.1) is 6.10 Å². The Morgan fingerprint density at radius 3 is 3.11 bits per heavy atom. The SMILES string of the molecule is COC(CNC(=O)C1CCNN1)c1cccc(Cl)c1. The topological polar surface area (TPSA) is 62.4 Å². The molecule has 5 nitrogen and oxygen atoms in total. The van der Waals surface area contributed by atoms with E-state index in [0.717, 1.165) is 18.5 Å². The smallest absolute Gasteiger partial charge is 0.238 e. The highest BCUT2D eigenvalue weighted by Crippen LogP contribution is 2.19. The summed E-state index contributed by atoms with van der Waals surface area (Å²) in [6, 6.07) is 7.29. The molecule has 0 aromatic heterocycles. The Balaban J connectivity index is 1.90. The van der Waals surface area contributed by atoms with E-state index in [1.165, 1.54) is 0 Å². The monoisotopic (exact) mass is 283 g/mol. The fraction of sp³-hybridized carbons (Fsp3) is 0.462. The second-order valence-electron chi connectivity index (χ2n) is 4.44. The van der Waals surface area contributed by atoms with Crippen molar-refractivity contribution in [3.63, 3.8) is 0 Å². The Morgan fingerprint density at radius 2 is 2.47 bits per heavy atom. The van der Waals surface area contributed by atoms with Gasteiger partial charge in [-0.2, -0.15) is 0 Å². The first-order valence-corrected chi connectivity index (χ1v) is 6.63. The van der Waals surface area contributed by atoms with Gasteiger partial charge in [-0.15, -0.1) is 0 Å². The number of benzene rings is 1. The van der Waals surface area contributed by atoms with Crippen molar-refractivity contribution in [2.24, 2.45) is 0 Å². The first-order valence-electron chi connectivity index (χ1n) is 6.25. The maximum Gasteiger partial charge on any atom is 0.238 e. The van der Waals surface area contributed by atoms with E-state index in [9.17, 15) is 4.79 Å². The number of hydrazine groups is 1. The predicted molar refractivity (Wildman–Crippen MR) is 73.8 cm³/mol. The third-order valence-electron chi connectivity index (χ3n) is 3.12. The molecule has 6 heteroatoms. The summed E-state index contributed by atoms with van der Waals surface area (Å²) in [6.07, 6.45) is 0.595. The molecule has 1 saturated heterocycles. The number of amides is 1. The lowest BCUT2D eigenvalue weighted by Crippen LogP contribution is -2.44. The lowest BCUT2D eigenvalue weighted by Gasteiger charge is -2.18. The summed E-state index contributed by atoms with van der Waals surface area (Å²) in [7, 11) is 1.62. The van der Waals surface area contributed by atoms with Gasteiger partial charge in [-0.25, -0.2) is 5.43 Å². The number of hydrogen-bond acceptors (Lipinski definition) is 4. The summed E-state index contributed by atoms with van der Waals surface area (Å²) in [6.45, 7) is 1.23. The van der Waals surface area contributed by atoms with Gasteiger partial charge in [0.1, 0.15) is 6.04 Å². The maximum absolute atomic E-state index is 11.9. The Hall–Kier alpha value is -1.14. The van der Waals surface area contributed by atoms with Crippen LogP contribution in [0.4, 0.5) is 0 Å². The molecule has 1 aliphatic rings. The lowest BCUT2D eigenvalue weighted by molar-refractivity contribution is -0.123. The highest BCUT2D eigenvalue weighted by atomic mass is 35.5. The number of rotatable bonds is 5. The molecule has 0 aliphatic carbocycles. The molecule has 2 atom stereocenters. The van der Waals surface area contributed by atoms with Crippen LogP contribution in [0.3, 0.4) is 0 Å². The summed E-state index contributed by atoms with van der Waals surface area (Å²) >= 11 is 5.95. The van der Waals surface area contributed by atoms with Crippen LogP contribution < -0.4 is 16.2 Å². The van der Waals surface area contributed by atoms with Crippen LogP contribution in [-0.2, 0) is 9.53 Å². The fourth-order valence-electron chi connectivity index (χ4n) is 2.04.